The maximum absolute atomic E-state index is 11.4. The highest BCUT2D eigenvalue weighted by Gasteiger charge is 2.25. The van der Waals surface area contributed by atoms with Gasteiger partial charge in [0.1, 0.15) is 5.03 Å². The number of hydrazine groups is 2. The van der Waals surface area contributed by atoms with Gasteiger partial charge in [0.15, 0.2) is 11.5 Å². The van der Waals surface area contributed by atoms with Gasteiger partial charge in [0.25, 0.3) is 10.0 Å². The van der Waals surface area contributed by atoms with Crippen molar-refractivity contribution in [2.24, 2.45) is 5.14 Å². The number of hydrogen-bond acceptors (Lipinski definition) is 9. The van der Waals surface area contributed by atoms with E-state index in [0.717, 1.165) is 27.9 Å². The first-order valence-electron chi connectivity index (χ1n) is 8.41. The number of ether oxygens (including phenoxy) is 2. The van der Waals surface area contributed by atoms with E-state index < -0.39 is 10.0 Å². The minimum Gasteiger partial charge on any atom is -0.493 e. The van der Waals surface area contributed by atoms with Gasteiger partial charge in [0.05, 0.1) is 43.9 Å². The molecule has 0 amide bonds. The molecule has 4 rings (SSSR count). The minimum absolute atomic E-state index is 0.00985. The molecule has 0 atom stereocenters. The Hall–Kier alpha value is -3.02. The van der Waals surface area contributed by atoms with Gasteiger partial charge in [-0.2, -0.15) is 0 Å². The summed E-state index contributed by atoms with van der Waals surface area (Å²) in [5, 5.41) is 10.8. The van der Waals surface area contributed by atoms with Crippen LogP contribution >= 0.6 is 0 Å². The number of fused-ring (bicyclic) bond motifs is 3. The number of benzene rings is 1. The van der Waals surface area contributed by atoms with Crippen molar-refractivity contribution in [3.63, 3.8) is 0 Å². The van der Waals surface area contributed by atoms with Crippen LogP contribution in [0.15, 0.2) is 41.1 Å². The molecule has 10 nitrogen and oxygen atoms in total. The number of nitrogens with zero attached hydrogens (tertiary/aromatic N) is 2. The lowest BCUT2D eigenvalue weighted by Gasteiger charge is -2.23. The normalized spacial score (nSPS) is 16.0. The molecule has 2 aliphatic heterocycles. The summed E-state index contributed by atoms with van der Waals surface area (Å²) in [6, 6.07) is 3.71. The molecule has 0 radical (unpaired) electrons. The third-order valence-corrected chi connectivity index (χ3v) is 5.46. The molecule has 0 saturated carbocycles. The standard InChI is InChI=1S/C17H20N6O4S/c1-26-14-5-11-12(6-15(14)27-2)19-8-13-17(11)23(22-21-13)9-10-3-4-16(20-7-10)28(18,24)25/h3-6,8,20-22H,7,9H2,1-2H3,(H2,18,24,25). The van der Waals surface area contributed by atoms with Crippen LogP contribution in [-0.4, -0.2) is 40.7 Å². The van der Waals surface area contributed by atoms with Gasteiger partial charge in [0, 0.05) is 18.0 Å². The highest BCUT2D eigenvalue weighted by atomic mass is 32.2. The van der Waals surface area contributed by atoms with Gasteiger partial charge in [0.2, 0.25) is 0 Å². The van der Waals surface area contributed by atoms with Gasteiger partial charge in [-0.05, 0) is 17.7 Å². The van der Waals surface area contributed by atoms with Crippen LogP contribution in [0.2, 0.25) is 0 Å². The topological polar surface area (TPSA) is 131 Å². The van der Waals surface area contributed by atoms with Gasteiger partial charge >= 0.3 is 0 Å². The molecule has 5 N–H and O–H groups in total. The molecule has 0 fully saturated rings. The van der Waals surface area contributed by atoms with E-state index >= 15 is 0 Å². The van der Waals surface area contributed by atoms with E-state index in [-0.39, 0.29) is 5.03 Å². The van der Waals surface area contributed by atoms with Crippen LogP contribution in [0.4, 0.5) is 11.4 Å². The number of methoxy groups -OCH3 is 2. The third kappa shape index (κ3) is 3.19. The highest BCUT2D eigenvalue weighted by molar-refractivity contribution is 7.93. The summed E-state index contributed by atoms with van der Waals surface area (Å²) in [5.74, 6) is 1.21. The number of nitrogens with two attached hydrogens (primary N) is 1. The zero-order valence-electron chi connectivity index (χ0n) is 15.3. The molecule has 2 aliphatic rings. The van der Waals surface area contributed by atoms with Crippen LogP contribution in [0.1, 0.15) is 0 Å². The van der Waals surface area contributed by atoms with Gasteiger partial charge in [-0.3, -0.25) is 9.99 Å². The summed E-state index contributed by atoms with van der Waals surface area (Å²) in [4.78, 5) is 4.47. The summed E-state index contributed by atoms with van der Waals surface area (Å²) >= 11 is 0. The van der Waals surface area contributed by atoms with E-state index in [1.165, 1.54) is 6.08 Å². The Bertz CT molecular complexity index is 1110. The average molecular weight is 404 g/mol. The van der Waals surface area contributed by atoms with Gasteiger partial charge < -0.3 is 20.2 Å². The van der Waals surface area contributed by atoms with Crippen molar-refractivity contribution >= 4 is 32.3 Å². The number of nitrogens with one attached hydrogen (secondary N) is 3. The van der Waals surface area contributed by atoms with Crippen molar-refractivity contribution in [2.45, 2.75) is 0 Å². The molecule has 1 aromatic heterocycles. The van der Waals surface area contributed by atoms with E-state index in [4.69, 9.17) is 14.6 Å². The Kier molecular flexibility index (Phi) is 4.49. The molecule has 28 heavy (non-hydrogen) atoms. The first-order valence-corrected chi connectivity index (χ1v) is 9.95. The first kappa shape index (κ1) is 18.3. The lowest BCUT2D eigenvalue weighted by Crippen LogP contribution is -2.40. The molecule has 0 spiro atoms. The Labute approximate surface area is 162 Å². The Morgan fingerprint density at radius 2 is 1.96 bits per heavy atom. The average Bonchev–Trinajstić information content (AvgIpc) is 3.09. The Morgan fingerprint density at radius 3 is 2.61 bits per heavy atom. The number of anilines is 2. The molecule has 148 valence electrons. The molecule has 11 heteroatoms. The van der Waals surface area contributed by atoms with Gasteiger partial charge in [-0.25, -0.2) is 13.6 Å². The minimum atomic E-state index is -3.74. The van der Waals surface area contributed by atoms with E-state index in [1.54, 1.807) is 26.5 Å². The van der Waals surface area contributed by atoms with Crippen LogP contribution < -0.4 is 35.9 Å². The predicted octanol–water partition coefficient (Wildman–Crippen LogP) is 0.563. The molecule has 2 aromatic rings. The van der Waals surface area contributed by atoms with Crippen molar-refractivity contribution in [1.29, 1.82) is 0 Å². The largest absolute Gasteiger partial charge is 0.493 e. The van der Waals surface area contributed by atoms with E-state index in [2.05, 4.69) is 21.3 Å². The number of primary sulfonamides is 1. The summed E-state index contributed by atoms with van der Waals surface area (Å²) in [5.41, 5.74) is 9.67. The zero-order valence-corrected chi connectivity index (χ0v) is 16.1. The summed E-state index contributed by atoms with van der Waals surface area (Å²) in [6.07, 6.45) is 4.96. The molecule has 0 saturated heterocycles. The number of sulfonamides is 1. The van der Waals surface area contributed by atoms with E-state index in [9.17, 15) is 8.42 Å². The number of aromatic nitrogens is 1. The molecular weight excluding hydrogens is 384 g/mol. The predicted molar refractivity (Wildman–Crippen MR) is 106 cm³/mol. The van der Waals surface area contributed by atoms with Crippen molar-refractivity contribution in [2.75, 3.05) is 37.7 Å². The van der Waals surface area contributed by atoms with Gasteiger partial charge in [-0.1, -0.05) is 6.08 Å². The quantitative estimate of drug-likeness (QED) is 0.565. The zero-order chi connectivity index (χ0) is 19.9. The van der Waals surface area contributed by atoms with Crippen LogP contribution in [0.3, 0.4) is 0 Å². The fourth-order valence-corrected chi connectivity index (χ4v) is 3.74. The fourth-order valence-electron chi connectivity index (χ4n) is 3.21. The van der Waals surface area contributed by atoms with E-state index in [1.807, 2.05) is 17.1 Å². The molecular formula is C17H20N6O4S. The molecule has 0 bridgehead atoms. The lowest BCUT2D eigenvalue weighted by molar-refractivity contribution is 0.356. The second-order valence-corrected chi connectivity index (χ2v) is 7.85. The van der Waals surface area contributed by atoms with Crippen molar-refractivity contribution in [3.05, 3.63) is 41.1 Å². The first-order chi connectivity index (χ1) is 13.4. The number of allylic oxidation sites excluding steroid dienone is 2. The highest BCUT2D eigenvalue weighted by Crippen LogP contribution is 2.40. The molecule has 0 aliphatic carbocycles. The van der Waals surface area contributed by atoms with Crippen molar-refractivity contribution in [3.8, 4) is 11.5 Å². The number of dihydropyridines is 1. The second-order valence-electron chi connectivity index (χ2n) is 6.32. The fraction of sp³-hybridized carbons (Fsp3) is 0.235. The van der Waals surface area contributed by atoms with Crippen LogP contribution in [0, 0.1) is 0 Å². The third-order valence-electron chi connectivity index (χ3n) is 4.57. The van der Waals surface area contributed by atoms with E-state index in [0.29, 0.717) is 24.6 Å². The summed E-state index contributed by atoms with van der Waals surface area (Å²) < 4.78 is 33.6. The monoisotopic (exact) mass is 404 g/mol. The van der Waals surface area contributed by atoms with Gasteiger partial charge in [-0.15, -0.1) is 5.53 Å². The Morgan fingerprint density at radius 1 is 1.21 bits per heavy atom. The lowest BCUT2D eigenvalue weighted by atomic mass is 10.1. The molecule has 1 aromatic carbocycles. The van der Waals surface area contributed by atoms with Crippen LogP contribution in [0.25, 0.3) is 10.9 Å². The number of pyridine rings is 1. The summed E-state index contributed by atoms with van der Waals surface area (Å²) in [6.45, 7) is 0.880. The summed E-state index contributed by atoms with van der Waals surface area (Å²) in [7, 11) is -0.571. The molecule has 3 heterocycles. The maximum atomic E-state index is 11.4. The number of rotatable bonds is 5. The van der Waals surface area contributed by atoms with Crippen molar-refractivity contribution < 1.29 is 17.9 Å². The number of hydrogen-bond donors (Lipinski definition) is 4. The Balaban J connectivity index is 1.70. The molecule has 0 unspecified atom stereocenters. The second kappa shape index (κ2) is 6.86. The van der Waals surface area contributed by atoms with Crippen molar-refractivity contribution in [1.82, 2.24) is 15.8 Å². The smallest absolute Gasteiger partial charge is 0.253 e. The SMILES string of the molecule is COc1cc2ncc3c(c2cc1OC)N(CC1=CC=C(S(N)(=O)=O)NC1)NN3. The van der Waals surface area contributed by atoms with Crippen LogP contribution in [0.5, 0.6) is 11.5 Å². The van der Waals surface area contributed by atoms with Crippen LogP contribution in [-0.2, 0) is 10.0 Å². The maximum Gasteiger partial charge on any atom is 0.253 e.